The summed E-state index contributed by atoms with van der Waals surface area (Å²) in [6, 6.07) is 0. The fourth-order valence-electron chi connectivity index (χ4n) is 2.50. The molecule has 17 heavy (non-hydrogen) atoms. The van der Waals surface area contributed by atoms with Crippen LogP contribution in [0.15, 0.2) is 0 Å². The first-order valence-electron chi connectivity index (χ1n) is 6.82. The summed E-state index contributed by atoms with van der Waals surface area (Å²) in [6.45, 7) is 10.8. The summed E-state index contributed by atoms with van der Waals surface area (Å²) in [6.07, 6.45) is 4.30. The molecule has 1 aliphatic carbocycles. The van der Waals surface area contributed by atoms with Crippen LogP contribution in [0.5, 0.6) is 0 Å². The predicted molar refractivity (Wildman–Crippen MR) is 69.2 cm³/mol. The van der Waals surface area contributed by atoms with Crippen molar-refractivity contribution in [3.05, 3.63) is 0 Å². The smallest absolute Gasteiger partial charge is 0.0710 e. The van der Waals surface area contributed by atoms with E-state index >= 15 is 0 Å². The van der Waals surface area contributed by atoms with Crippen LogP contribution in [0.25, 0.3) is 0 Å². The zero-order valence-corrected chi connectivity index (χ0v) is 11.8. The van der Waals surface area contributed by atoms with Gasteiger partial charge in [0, 0.05) is 32.2 Å². The first-order valence-corrected chi connectivity index (χ1v) is 6.82. The summed E-state index contributed by atoms with van der Waals surface area (Å²) in [5.74, 6) is 0. The molecule has 0 aromatic carbocycles. The molecule has 1 saturated carbocycles. The van der Waals surface area contributed by atoms with Gasteiger partial charge in [0.2, 0.25) is 0 Å². The van der Waals surface area contributed by atoms with Gasteiger partial charge in [-0.1, -0.05) is 0 Å². The van der Waals surface area contributed by atoms with E-state index in [1.807, 2.05) is 7.11 Å². The van der Waals surface area contributed by atoms with E-state index in [1.165, 1.54) is 32.4 Å². The van der Waals surface area contributed by atoms with Gasteiger partial charge in [0.15, 0.2) is 0 Å². The Labute approximate surface area is 105 Å². The molecule has 100 valence electrons. The van der Waals surface area contributed by atoms with Gasteiger partial charge in [-0.15, -0.1) is 0 Å². The van der Waals surface area contributed by atoms with Crippen LogP contribution in [0.1, 0.15) is 40.0 Å². The molecule has 0 aromatic heterocycles. The first-order chi connectivity index (χ1) is 7.92. The Balaban J connectivity index is 1.75. The largest absolute Gasteiger partial charge is 0.380 e. The molecule has 2 fully saturated rings. The molecule has 0 aromatic rings. The van der Waals surface area contributed by atoms with Crippen LogP contribution in [-0.4, -0.2) is 50.0 Å². The standard InChI is InChI=1S/C14H27NO2/c1-13(2,3)17-11-14(6-7-14)10-15-8-5-12(9-15)16-4/h12H,5-11H2,1-4H3. The Hall–Kier alpha value is -0.120. The highest BCUT2D eigenvalue weighted by Crippen LogP contribution is 2.47. The van der Waals surface area contributed by atoms with E-state index in [0.29, 0.717) is 11.5 Å². The number of methoxy groups -OCH3 is 1. The number of hydrogen-bond acceptors (Lipinski definition) is 3. The molecule has 0 radical (unpaired) electrons. The van der Waals surface area contributed by atoms with Crippen LogP contribution in [0.3, 0.4) is 0 Å². The summed E-state index contributed by atoms with van der Waals surface area (Å²) < 4.78 is 11.4. The molecule has 1 unspecified atom stereocenters. The Morgan fingerprint density at radius 3 is 2.47 bits per heavy atom. The fraction of sp³-hybridized carbons (Fsp3) is 1.00. The van der Waals surface area contributed by atoms with Crippen LogP contribution < -0.4 is 0 Å². The van der Waals surface area contributed by atoms with E-state index in [9.17, 15) is 0 Å². The monoisotopic (exact) mass is 241 g/mol. The van der Waals surface area contributed by atoms with Crippen molar-refractivity contribution < 1.29 is 9.47 Å². The molecule has 1 saturated heterocycles. The van der Waals surface area contributed by atoms with E-state index in [0.717, 1.165) is 13.2 Å². The third-order valence-electron chi connectivity index (χ3n) is 3.89. The normalized spacial score (nSPS) is 28.6. The number of ether oxygens (including phenoxy) is 2. The molecular weight excluding hydrogens is 214 g/mol. The highest BCUT2D eigenvalue weighted by Gasteiger charge is 2.45. The number of nitrogens with zero attached hydrogens (tertiary/aromatic N) is 1. The lowest BCUT2D eigenvalue weighted by atomic mass is 10.1. The molecule has 0 spiro atoms. The molecule has 3 nitrogen and oxygen atoms in total. The van der Waals surface area contributed by atoms with Crippen LogP contribution in [-0.2, 0) is 9.47 Å². The number of hydrogen-bond donors (Lipinski definition) is 0. The molecular formula is C14H27NO2. The zero-order chi connectivity index (χ0) is 12.5. The second kappa shape index (κ2) is 4.87. The topological polar surface area (TPSA) is 21.7 Å². The van der Waals surface area contributed by atoms with E-state index in [1.54, 1.807) is 0 Å². The lowest BCUT2D eigenvalue weighted by molar-refractivity contribution is -0.0335. The van der Waals surface area contributed by atoms with Gasteiger partial charge in [0.1, 0.15) is 0 Å². The van der Waals surface area contributed by atoms with Gasteiger partial charge < -0.3 is 14.4 Å². The van der Waals surface area contributed by atoms with Gasteiger partial charge in [-0.25, -0.2) is 0 Å². The summed E-state index contributed by atoms with van der Waals surface area (Å²) in [4.78, 5) is 2.55. The lowest BCUT2D eigenvalue weighted by Crippen LogP contribution is -2.34. The molecule has 0 bridgehead atoms. The van der Waals surface area contributed by atoms with E-state index in [2.05, 4.69) is 25.7 Å². The summed E-state index contributed by atoms with van der Waals surface area (Å²) in [5, 5.41) is 0. The maximum atomic E-state index is 5.96. The average molecular weight is 241 g/mol. The third-order valence-corrected chi connectivity index (χ3v) is 3.89. The first kappa shape index (κ1) is 13.3. The molecule has 3 heteroatoms. The van der Waals surface area contributed by atoms with E-state index < -0.39 is 0 Å². The Morgan fingerprint density at radius 2 is 2.00 bits per heavy atom. The average Bonchev–Trinajstić information content (AvgIpc) is 2.85. The van der Waals surface area contributed by atoms with Crippen LogP contribution in [0, 0.1) is 5.41 Å². The van der Waals surface area contributed by atoms with Crippen LogP contribution in [0.4, 0.5) is 0 Å². The van der Waals surface area contributed by atoms with Crippen molar-refractivity contribution in [3.8, 4) is 0 Å². The minimum Gasteiger partial charge on any atom is -0.380 e. The second-order valence-electron chi connectivity index (χ2n) is 6.78. The number of likely N-dealkylation sites (tertiary alicyclic amines) is 1. The zero-order valence-electron chi connectivity index (χ0n) is 11.8. The molecule has 1 heterocycles. The Kier molecular flexibility index (Phi) is 3.81. The third kappa shape index (κ3) is 3.94. The van der Waals surface area contributed by atoms with Gasteiger partial charge >= 0.3 is 0 Å². The van der Waals surface area contributed by atoms with Crippen molar-refractivity contribution in [2.75, 3.05) is 33.4 Å². The second-order valence-corrected chi connectivity index (χ2v) is 6.78. The van der Waals surface area contributed by atoms with Crippen LogP contribution >= 0.6 is 0 Å². The maximum Gasteiger partial charge on any atom is 0.0710 e. The van der Waals surface area contributed by atoms with Crippen molar-refractivity contribution in [3.63, 3.8) is 0 Å². The van der Waals surface area contributed by atoms with Crippen molar-refractivity contribution in [1.29, 1.82) is 0 Å². The number of rotatable bonds is 5. The van der Waals surface area contributed by atoms with Gasteiger partial charge in [-0.05, 0) is 40.0 Å². The van der Waals surface area contributed by atoms with Crippen molar-refractivity contribution in [2.24, 2.45) is 5.41 Å². The summed E-state index contributed by atoms with van der Waals surface area (Å²) in [7, 11) is 1.82. The predicted octanol–water partition coefficient (Wildman–Crippen LogP) is 2.30. The Bertz CT molecular complexity index is 255. The van der Waals surface area contributed by atoms with Crippen molar-refractivity contribution in [2.45, 2.75) is 51.7 Å². The molecule has 0 amide bonds. The lowest BCUT2D eigenvalue weighted by Gasteiger charge is -2.27. The van der Waals surface area contributed by atoms with E-state index in [-0.39, 0.29) is 5.60 Å². The van der Waals surface area contributed by atoms with Gasteiger partial charge in [0.25, 0.3) is 0 Å². The van der Waals surface area contributed by atoms with Gasteiger partial charge in [0.05, 0.1) is 18.3 Å². The highest BCUT2D eigenvalue weighted by atomic mass is 16.5. The quantitative estimate of drug-likeness (QED) is 0.737. The van der Waals surface area contributed by atoms with Crippen molar-refractivity contribution in [1.82, 2.24) is 4.90 Å². The highest BCUT2D eigenvalue weighted by molar-refractivity contribution is 4.97. The molecule has 2 aliphatic rings. The minimum absolute atomic E-state index is 0.00430. The van der Waals surface area contributed by atoms with E-state index in [4.69, 9.17) is 9.47 Å². The molecule has 2 rings (SSSR count). The maximum absolute atomic E-state index is 5.96. The molecule has 1 aliphatic heterocycles. The summed E-state index contributed by atoms with van der Waals surface area (Å²) >= 11 is 0. The SMILES string of the molecule is COC1CCN(CC2(COC(C)(C)C)CC2)C1. The minimum atomic E-state index is -0.00430. The molecule has 1 atom stereocenters. The fourth-order valence-corrected chi connectivity index (χ4v) is 2.50. The van der Waals surface area contributed by atoms with Gasteiger partial charge in [-0.2, -0.15) is 0 Å². The van der Waals surface area contributed by atoms with Crippen LogP contribution in [0.2, 0.25) is 0 Å². The molecule has 0 N–H and O–H groups in total. The Morgan fingerprint density at radius 1 is 1.29 bits per heavy atom. The summed E-state index contributed by atoms with van der Waals surface area (Å²) in [5.41, 5.74) is 0.450. The van der Waals surface area contributed by atoms with Crippen molar-refractivity contribution >= 4 is 0 Å². The van der Waals surface area contributed by atoms with Gasteiger partial charge in [-0.3, -0.25) is 0 Å².